The summed E-state index contributed by atoms with van der Waals surface area (Å²) in [5.74, 6) is 1.97. The fourth-order valence-electron chi connectivity index (χ4n) is 4.54. The minimum Gasteiger partial charge on any atom is -0.493 e. The van der Waals surface area contributed by atoms with Crippen LogP contribution in [-0.4, -0.2) is 51.3 Å². The van der Waals surface area contributed by atoms with Crippen LogP contribution in [-0.2, 0) is 5.54 Å². The van der Waals surface area contributed by atoms with Crippen molar-refractivity contribution >= 4 is 16.9 Å². The second-order valence-corrected chi connectivity index (χ2v) is 8.11. The van der Waals surface area contributed by atoms with Crippen molar-refractivity contribution in [3.63, 3.8) is 0 Å². The molecule has 1 amide bonds. The number of nitrogens with one attached hydrogen (secondary N) is 1. The van der Waals surface area contributed by atoms with Crippen molar-refractivity contribution in [3.8, 4) is 17.2 Å². The number of carbonyl (C=O) groups excluding carboxylic acids is 1. The van der Waals surface area contributed by atoms with E-state index in [0.29, 0.717) is 23.6 Å². The van der Waals surface area contributed by atoms with Crippen molar-refractivity contribution in [2.24, 2.45) is 0 Å². The summed E-state index contributed by atoms with van der Waals surface area (Å²) in [6.45, 7) is 2.73. The lowest BCUT2D eigenvalue weighted by atomic mass is 9.97. The Hall–Kier alpha value is -3.81. The van der Waals surface area contributed by atoms with Gasteiger partial charge in [0.15, 0.2) is 11.5 Å². The summed E-state index contributed by atoms with van der Waals surface area (Å²) in [6.07, 6.45) is 5.26. The van der Waals surface area contributed by atoms with Gasteiger partial charge in [0.05, 0.1) is 42.0 Å². The molecule has 164 valence electrons. The van der Waals surface area contributed by atoms with Gasteiger partial charge in [-0.2, -0.15) is 5.10 Å². The lowest BCUT2D eigenvalue weighted by Gasteiger charge is -2.34. The first-order chi connectivity index (χ1) is 15.5. The van der Waals surface area contributed by atoms with Crippen LogP contribution in [0.25, 0.3) is 16.7 Å². The topological polar surface area (TPSA) is 85.3 Å². The molecule has 1 fully saturated rings. The van der Waals surface area contributed by atoms with Crippen LogP contribution in [0.15, 0.2) is 54.9 Å². The highest BCUT2D eigenvalue weighted by Crippen LogP contribution is 2.40. The van der Waals surface area contributed by atoms with E-state index in [1.807, 2.05) is 53.6 Å². The molecule has 0 bridgehead atoms. The average Bonchev–Trinajstić information content (AvgIpc) is 3.57. The number of aromatic nitrogens is 4. The van der Waals surface area contributed by atoms with Gasteiger partial charge in [0.1, 0.15) is 5.82 Å². The molecule has 5 rings (SSSR count). The summed E-state index contributed by atoms with van der Waals surface area (Å²) in [5, 5.41) is 4.32. The molecule has 4 aromatic rings. The highest BCUT2D eigenvalue weighted by Gasteiger charge is 2.44. The first-order valence-electron chi connectivity index (χ1n) is 10.6. The third-order valence-corrected chi connectivity index (χ3v) is 6.27. The summed E-state index contributed by atoms with van der Waals surface area (Å²) in [5.41, 5.74) is 2.43. The van der Waals surface area contributed by atoms with Gasteiger partial charge < -0.3 is 19.4 Å². The number of fused-ring (bicyclic) bond motifs is 1. The van der Waals surface area contributed by atoms with Gasteiger partial charge in [-0.15, -0.1) is 0 Å². The first kappa shape index (κ1) is 20.1. The number of aromatic amines is 1. The number of benzene rings is 2. The van der Waals surface area contributed by atoms with Crippen molar-refractivity contribution < 1.29 is 14.3 Å². The standard InChI is InChI=1S/C24H25N5O3/c1-24(23-26-17-14-20(31-2)21(32-3)15-18(17)27-23)10-6-12-28(24)22(30)16-8-4-5-9-19(16)29-13-7-11-25-29/h4-5,7-9,11,13-15H,6,10,12H2,1-3H3,(H,26,27). The number of carbonyl (C=O) groups is 1. The van der Waals surface area contributed by atoms with Crippen molar-refractivity contribution in [1.82, 2.24) is 24.6 Å². The predicted octanol–water partition coefficient (Wildman–Crippen LogP) is 3.92. The molecule has 1 saturated heterocycles. The number of nitrogens with zero attached hydrogens (tertiary/aromatic N) is 4. The number of ether oxygens (including phenoxy) is 2. The van der Waals surface area contributed by atoms with E-state index < -0.39 is 5.54 Å². The summed E-state index contributed by atoms with van der Waals surface area (Å²) in [7, 11) is 3.21. The molecule has 0 radical (unpaired) electrons. The monoisotopic (exact) mass is 431 g/mol. The number of para-hydroxylation sites is 1. The molecule has 2 aromatic heterocycles. The molecule has 0 saturated carbocycles. The molecule has 0 aliphatic carbocycles. The molecule has 32 heavy (non-hydrogen) atoms. The summed E-state index contributed by atoms with van der Waals surface area (Å²) >= 11 is 0. The third-order valence-electron chi connectivity index (χ3n) is 6.27. The molecule has 1 atom stereocenters. The van der Waals surface area contributed by atoms with Crippen LogP contribution in [0.3, 0.4) is 0 Å². The molecule has 8 nitrogen and oxygen atoms in total. The Labute approximate surface area is 185 Å². The van der Waals surface area contributed by atoms with Crippen molar-refractivity contribution in [2.45, 2.75) is 25.3 Å². The van der Waals surface area contributed by atoms with E-state index in [0.717, 1.165) is 35.4 Å². The van der Waals surface area contributed by atoms with Crippen LogP contribution in [0.5, 0.6) is 11.5 Å². The Morgan fingerprint density at radius 2 is 1.91 bits per heavy atom. The van der Waals surface area contributed by atoms with Crippen LogP contribution in [0.2, 0.25) is 0 Å². The highest BCUT2D eigenvalue weighted by atomic mass is 16.5. The van der Waals surface area contributed by atoms with E-state index in [-0.39, 0.29) is 5.91 Å². The fraction of sp³-hybridized carbons (Fsp3) is 0.292. The van der Waals surface area contributed by atoms with Gasteiger partial charge in [-0.3, -0.25) is 4.79 Å². The van der Waals surface area contributed by atoms with Crippen LogP contribution in [0.4, 0.5) is 0 Å². The number of H-pyrrole nitrogens is 1. The van der Waals surface area contributed by atoms with E-state index in [1.165, 1.54) is 0 Å². The molecule has 1 aliphatic rings. The Kier molecular flexibility index (Phi) is 4.84. The van der Waals surface area contributed by atoms with Crippen LogP contribution in [0.1, 0.15) is 35.9 Å². The van der Waals surface area contributed by atoms with Gasteiger partial charge in [0.25, 0.3) is 5.91 Å². The third kappa shape index (κ3) is 3.10. The molecular formula is C24H25N5O3. The lowest BCUT2D eigenvalue weighted by molar-refractivity contribution is 0.0606. The number of hydrogen-bond acceptors (Lipinski definition) is 5. The van der Waals surface area contributed by atoms with Gasteiger partial charge in [-0.25, -0.2) is 9.67 Å². The average molecular weight is 431 g/mol. The molecule has 0 spiro atoms. The number of imidazole rings is 1. The molecule has 8 heteroatoms. The quantitative estimate of drug-likeness (QED) is 0.518. The maximum absolute atomic E-state index is 13.8. The molecule has 2 aromatic carbocycles. The minimum absolute atomic E-state index is 0.0354. The fourth-order valence-corrected chi connectivity index (χ4v) is 4.54. The number of hydrogen-bond donors (Lipinski definition) is 1. The molecule has 1 aliphatic heterocycles. The Balaban J connectivity index is 1.55. The smallest absolute Gasteiger partial charge is 0.256 e. The minimum atomic E-state index is -0.562. The summed E-state index contributed by atoms with van der Waals surface area (Å²) in [6, 6.07) is 13.1. The Morgan fingerprint density at radius 1 is 1.12 bits per heavy atom. The Morgan fingerprint density at radius 3 is 2.66 bits per heavy atom. The molecule has 3 heterocycles. The zero-order valence-electron chi connectivity index (χ0n) is 18.3. The summed E-state index contributed by atoms with van der Waals surface area (Å²) < 4.78 is 12.6. The van der Waals surface area contributed by atoms with Crippen molar-refractivity contribution in [2.75, 3.05) is 20.8 Å². The zero-order valence-corrected chi connectivity index (χ0v) is 18.3. The number of likely N-dealkylation sites (tertiary alicyclic amines) is 1. The number of rotatable bonds is 5. The van der Waals surface area contributed by atoms with Gasteiger partial charge in [0, 0.05) is 31.1 Å². The highest BCUT2D eigenvalue weighted by molar-refractivity contribution is 5.98. The molecule has 1 N–H and O–H groups in total. The van der Waals surface area contributed by atoms with Crippen molar-refractivity contribution in [1.29, 1.82) is 0 Å². The Bertz CT molecular complexity index is 1240. The van der Waals surface area contributed by atoms with E-state index in [1.54, 1.807) is 25.1 Å². The lowest BCUT2D eigenvalue weighted by Crippen LogP contribution is -2.44. The number of methoxy groups -OCH3 is 2. The van der Waals surface area contributed by atoms with Gasteiger partial charge in [-0.05, 0) is 38.0 Å². The SMILES string of the molecule is COc1cc2nc(C3(C)CCCN3C(=O)c3ccccc3-n3cccn3)[nH]c2cc1OC. The second kappa shape index (κ2) is 7.71. The van der Waals surface area contributed by atoms with Crippen LogP contribution in [0, 0.1) is 0 Å². The van der Waals surface area contributed by atoms with Gasteiger partial charge in [0.2, 0.25) is 0 Å². The van der Waals surface area contributed by atoms with E-state index in [9.17, 15) is 4.79 Å². The van der Waals surface area contributed by atoms with Crippen LogP contribution < -0.4 is 9.47 Å². The second-order valence-electron chi connectivity index (χ2n) is 8.11. The maximum Gasteiger partial charge on any atom is 0.256 e. The van der Waals surface area contributed by atoms with Crippen molar-refractivity contribution in [3.05, 3.63) is 66.2 Å². The van der Waals surface area contributed by atoms with E-state index in [4.69, 9.17) is 14.5 Å². The van der Waals surface area contributed by atoms with Crippen LogP contribution >= 0.6 is 0 Å². The number of amides is 1. The van der Waals surface area contributed by atoms with Gasteiger partial charge >= 0.3 is 0 Å². The molecular weight excluding hydrogens is 406 g/mol. The first-order valence-corrected chi connectivity index (χ1v) is 10.6. The zero-order chi connectivity index (χ0) is 22.3. The molecule has 1 unspecified atom stereocenters. The normalized spacial score (nSPS) is 18.3. The maximum atomic E-state index is 13.8. The largest absolute Gasteiger partial charge is 0.493 e. The van der Waals surface area contributed by atoms with E-state index in [2.05, 4.69) is 17.0 Å². The predicted molar refractivity (Wildman–Crippen MR) is 120 cm³/mol. The van der Waals surface area contributed by atoms with Gasteiger partial charge in [-0.1, -0.05) is 12.1 Å². The van der Waals surface area contributed by atoms with E-state index >= 15 is 0 Å². The summed E-state index contributed by atoms with van der Waals surface area (Å²) in [4.78, 5) is 24.0.